The molecule has 1 unspecified atom stereocenters. The van der Waals surface area contributed by atoms with Crippen LogP contribution in [0.4, 0.5) is 4.39 Å². The van der Waals surface area contributed by atoms with E-state index in [9.17, 15) is 14.0 Å². The van der Waals surface area contributed by atoms with Crippen molar-refractivity contribution in [2.24, 2.45) is 0 Å². The highest BCUT2D eigenvalue weighted by molar-refractivity contribution is 9.10. The summed E-state index contributed by atoms with van der Waals surface area (Å²) < 4.78 is 24.6. The van der Waals surface area contributed by atoms with Crippen LogP contribution in [0.15, 0.2) is 46.9 Å². The molecular formula is C16H12BrFN2O4. The average molecular weight is 395 g/mol. The fourth-order valence-corrected chi connectivity index (χ4v) is 2.51. The molecule has 24 heavy (non-hydrogen) atoms. The maximum atomic E-state index is 13.2. The number of hydrazine groups is 1. The SMILES string of the molecule is O=C(NNC(=O)C1COc2ccccc2O1)c1cc(F)ccc1Br. The standard InChI is InChI=1S/C16H12BrFN2O4/c17-11-6-5-9(18)7-10(11)15(21)19-20-16(22)14-8-23-12-3-1-2-4-13(12)24-14/h1-7,14H,8H2,(H,19,21)(H,20,22). The molecule has 0 aliphatic carbocycles. The number of hydrogen-bond donors (Lipinski definition) is 2. The minimum atomic E-state index is -0.906. The van der Waals surface area contributed by atoms with Crippen LogP contribution < -0.4 is 20.3 Å². The number of para-hydroxylation sites is 2. The Bertz CT molecular complexity index is 799. The van der Waals surface area contributed by atoms with E-state index >= 15 is 0 Å². The van der Waals surface area contributed by atoms with Crippen molar-refractivity contribution in [2.45, 2.75) is 6.10 Å². The van der Waals surface area contributed by atoms with Gasteiger partial charge in [-0.1, -0.05) is 12.1 Å². The Morgan fingerprint density at radius 2 is 1.88 bits per heavy atom. The zero-order valence-corrected chi connectivity index (χ0v) is 13.8. The third kappa shape index (κ3) is 3.48. The first-order chi connectivity index (χ1) is 11.5. The molecule has 0 saturated heterocycles. The second kappa shape index (κ2) is 6.88. The third-order valence-corrected chi connectivity index (χ3v) is 3.96. The van der Waals surface area contributed by atoms with Crippen LogP contribution in [0.1, 0.15) is 10.4 Å². The Balaban J connectivity index is 1.60. The molecule has 2 N–H and O–H groups in total. The van der Waals surface area contributed by atoms with Gasteiger partial charge in [0.2, 0.25) is 6.10 Å². The van der Waals surface area contributed by atoms with Gasteiger partial charge in [0.1, 0.15) is 12.4 Å². The molecule has 3 rings (SSSR count). The van der Waals surface area contributed by atoms with E-state index in [4.69, 9.17) is 9.47 Å². The topological polar surface area (TPSA) is 76.7 Å². The molecule has 1 heterocycles. The summed E-state index contributed by atoms with van der Waals surface area (Å²) in [5, 5.41) is 0. The van der Waals surface area contributed by atoms with Crippen molar-refractivity contribution >= 4 is 27.7 Å². The molecule has 124 valence electrons. The van der Waals surface area contributed by atoms with Crippen molar-refractivity contribution in [3.63, 3.8) is 0 Å². The molecule has 0 fully saturated rings. The Kier molecular flexibility index (Phi) is 4.66. The maximum Gasteiger partial charge on any atom is 0.283 e. The molecule has 2 aromatic rings. The molecular weight excluding hydrogens is 383 g/mol. The fourth-order valence-electron chi connectivity index (χ4n) is 2.09. The van der Waals surface area contributed by atoms with Gasteiger partial charge < -0.3 is 9.47 Å². The number of amides is 2. The quantitative estimate of drug-likeness (QED) is 0.765. The largest absolute Gasteiger partial charge is 0.485 e. The van der Waals surface area contributed by atoms with Gasteiger partial charge in [-0.2, -0.15) is 0 Å². The van der Waals surface area contributed by atoms with Crippen LogP contribution in [-0.4, -0.2) is 24.5 Å². The van der Waals surface area contributed by atoms with Crippen LogP contribution in [-0.2, 0) is 4.79 Å². The summed E-state index contributed by atoms with van der Waals surface area (Å²) in [5.41, 5.74) is 4.52. The number of carbonyl (C=O) groups is 2. The van der Waals surface area contributed by atoms with Crippen LogP contribution in [0.3, 0.4) is 0 Å². The monoisotopic (exact) mass is 394 g/mol. The van der Waals surface area contributed by atoms with E-state index in [1.54, 1.807) is 24.3 Å². The summed E-state index contributed by atoms with van der Waals surface area (Å²) in [4.78, 5) is 24.1. The first kappa shape index (κ1) is 16.3. The van der Waals surface area contributed by atoms with Crippen molar-refractivity contribution in [3.05, 3.63) is 58.3 Å². The van der Waals surface area contributed by atoms with Crippen molar-refractivity contribution in [1.82, 2.24) is 10.9 Å². The van der Waals surface area contributed by atoms with Gasteiger partial charge in [0.05, 0.1) is 5.56 Å². The highest BCUT2D eigenvalue weighted by atomic mass is 79.9. The summed E-state index contributed by atoms with van der Waals surface area (Å²) in [6, 6.07) is 10.6. The highest BCUT2D eigenvalue weighted by Gasteiger charge is 2.27. The molecule has 0 saturated carbocycles. The van der Waals surface area contributed by atoms with Crippen molar-refractivity contribution in [3.8, 4) is 11.5 Å². The lowest BCUT2D eigenvalue weighted by atomic mass is 10.2. The number of nitrogens with one attached hydrogen (secondary N) is 2. The van der Waals surface area contributed by atoms with E-state index in [2.05, 4.69) is 26.8 Å². The summed E-state index contributed by atoms with van der Waals surface area (Å²) in [6.07, 6.45) is -0.906. The predicted octanol–water partition coefficient (Wildman–Crippen LogP) is 2.19. The summed E-state index contributed by atoms with van der Waals surface area (Å²) in [6.45, 7) is 0.0162. The lowest BCUT2D eigenvalue weighted by Gasteiger charge is -2.25. The van der Waals surface area contributed by atoms with Crippen LogP contribution in [0.2, 0.25) is 0 Å². The van der Waals surface area contributed by atoms with E-state index < -0.39 is 23.7 Å². The molecule has 6 nitrogen and oxygen atoms in total. The number of fused-ring (bicyclic) bond motifs is 1. The van der Waals surface area contributed by atoms with Crippen LogP contribution in [0.25, 0.3) is 0 Å². The van der Waals surface area contributed by atoms with E-state index in [1.807, 2.05) is 0 Å². The molecule has 0 radical (unpaired) electrons. The van der Waals surface area contributed by atoms with Crippen LogP contribution in [0.5, 0.6) is 11.5 Å². The van der Waals surface area contributed by atoms with Gasteiger partial charge in [0.15, 0.2) is 11.5 Å². The van der Waals surface area contributed by atoms with Gasteiger partial charge in [-0.25, -0.2) is 4.39 Å². The van der Waals surface area contributed by atoms with Crippen molar-refractivity contribution in [2.75, 3.05) is 6.61 Å². The second-order valence-electron chi connectivity index (χ2n) is 4.93. The Morgan fingerprint density at radius 3 is 2.67 bits per heavy atom. The molecule has 0 spiro atoms. The number of halogens is 2. The highest BCUT2D eigenvalue weighted by Crippen LogP contribution is 2.30. The number of carbonyl (C=O) groups excluding carboxylic acids is 2. The molecule has 8 heteroatoms. The van der Waals surface area contributed by atoms with Gasteiger partial charge in [0.25, 0.3) is 11.8 Å². The Hall–Kier alpha value is -2.61. The molecule has 1 atom stereocenters. The minimum absolute atomic E-state index is 0.0162. The summed E-state index contributed by atoms with van der Waals surface area (Å²) >= 11 is 3.15. The Morgan fingerprint density at radius 1 is 1.12 bits per heavy atom. The van der Waals surface area contributed by atoms with Crippen LogP contribution in [0, 0.1) is 5.82 Å². The second-order valence-corrected chi connectivity index (χ2v) is 5.79. The van der Waals surface area contributed by atoms with E-state index in [1.165, 1.54) is 12.1 Å². The number of rotatable bonds is 2. The normalized spacial score (nSPS) is 15.5. The number of benzene rings is 2. The predicted molar refractivity (Wildman–Crippen MR) is 86.1 cm³/mol. The zero-order valence-electron chi connectivity index (χ0n) is 12.2. The number of ether oxygens (including phenoxy) is 2. The molecule has 2 aromatic carbocycles. The lowest BCUT2D eigenvalue weighted by molar-refractivity contribution is -0.131. The van der Waals surface area contributed by atoms with E-state index in [0.29, 0.717) is 16.0 Å². The van der Waals surface area contributed by atoms with Crippen molar-refractivity contribution < 1.29 is 23.5 Å². The van der Waals surface area contributed by atoms with E-state index in [0.717, 1.165) is 6.07 Å². The smallest absolute Gasteiger partial charge is 0.283 e. The van der Waals surface area contributed by atoms with Crippen LogP contribution >= 0.6 is 15.9 Å². The first-order valence-corrected chi connectivity index (χ1v) is 7.77. The number of hydrogen-bond acceptors (Lipinski definition) is 4. The molecule has 1 aliphatic heterocycles. The molecule has 0 bridgehead atoms. The van der Waals surface area contributed by atoms with Gasteiger partial charge in [-0.15, -0.1) is 0 Å². The summed E-state index contributed by atoms with van der Waals surface area (Å²) in [7, 11) is 0. The Labute approximate surface area is 145 Å². The average Bonchev–Trinajstić information content (AvgIpc) is 2.61. The van der Waals surface area contributed by atoms with Gasteiger partial charge >= 0.3 is 0 Å². The summed E-state index contributed by atoms with van der Waals surface area (Å²) in [5.74, 6) is -0.801. The van der Waals surface area contributed by atoms with Crippen molar-refractivity contribution in [1.29, 1.82) is 0 Å². The molecule has 1 aliphatic rings. The van der Waals surface area contributed by atoms with Gasteiger partial charge in [-0.05, 0) is 46.3 Å². The zero-order chi connectivity index (χ0) is 17.1. The maximum absolute atomic E-state index is 13.2. The lowest BCUT2D eigenvalue weighted by Crippen LogP contribution is -2.50. The fraction of sp³-hybridized carbons (Fsp3) is 0.125. The van der Waals surface area contributed by atoms with E-state index in [-0.39, 0.29) is 12.2 Å². The van der Waals surface area contributed by atoms with Gasteiger partial charge in [-0.3, -0.25) is 20.4 Å². The molecule has 2 amide bonds. The first-order valence-electron chi connectivity index (χ1n) is 6.98. The minimum Gasteiger partial charge on any atom is -0.485 e. The third-order valence-electron chi connectivity index (χ3n) is 3.27. The molecule has 0 aromatic heterocycles. The van der Waals surface area contributed by atoms with Gasteiger partial charge in [0, 0.05) is 4.47 Å².